The average Bonchev–Trinajstić information content (AvgIpc) is 2.61. The minimum absolute atomic E-state index is 0.0269. The van der Waals surface area contributed by atoms with Gasteiger partial charge in [-0.2, -0.15) is 0 Å². The SMILES string of the molecule is CCN1CCN(CC(=O)N[C@H](C)c2ccc3ccccc3c2)CC1. The van der Waals surface area contributed by atoms with Gasteiger partial charge in [-0.05, 0) is 35.9 Å². The maximum atomic E-state index is 12.3. The first-order chi connectivity index (χ1) is 11.7. The highest BCUT2D eigenvalue weighted by molar-refractivity contribution is 5.83. The molecule has 1 fully saturated rings. The molecule has 1 saturated heterocycles. The lowest BCUT2D eigenvalue weighted by atomic mass is 10.0. The number of carbonyl (C=O) groups excluding carboxylic acids is 1. The molecule has 0 unspecified atom stereocenters. The lowest BCUT2D eigenvalue weighted by molar-refractivity contribution is -0.123. The molecule has 1 N–H and O–H groups in total. The van der Waals surface area contributed by atoms with Gasteiger partial charge in [-0.15, -0.1) is 0 Å². The molecule has 2 aromatic rings. The first-order valence-corrected chi connectivity index (χ1v) is 8.88. The Kier molecular flexibility index (Phi) is 5.48. The summed E-state index contributed by atoms with van der Waals surface area (Å²) < 4.78 is 0. The highest BCUT2D eigenvalue weighted by Gasteiger charge is 2.18. The number of piperazine rings is 1. The number of likely N-dealkylation sites (N-methyl/N-ethyl adjacent to an activating group) is 1. The maximum absolute atomic E-state index is 12.3. The third kappa shape index (κ3) is 4.13. The second-order valence-electron chi connectivity index (χ2n) is 6.61. The van der Waals surface area contributed by atoms with E-state index in [2.05, 4.69) is 59.3 Å². The smallest absolute Gasteiger partial charge is 0.234 e. The van der Waals surface area contributed by atoms with Gasteiger partial charge in [0.15, 0.2) is 0 Å². The van der Waals surface area contributed by atoms with E-state index in [9.17, 15) is 4.79 Å². The van der Waals surface area contributed by atoms with Crippen LogP contribution in [-0.2, 0) is 4.79 Å². The number of hydrogen-bond donors (Lipinski definition) is 1. The van der Waals surface area contributed by atoms with Crippen LogP contribution in [0.5, 0.6) is 0 Å². The van der Waals surface area contributed by atoms with E-state index in [4.69, 9.17) is 0 Å². The Labute approximate surface area is 144 Å². The highest BCUT2D eigenvalue weighted by Crippen LogP contribution is 2.20. The van der Waals surface area contributed by atoms with Gasteiger partial charge in [0, 0.05) is 26.2 Å². The Morgan fingerprint density at radius 2 is 1.71 bits per heavy atom. The van der Waals surface area contributed by atoms with Crippen molar-refractivity contribution in [1.82, 2.24) is 15.1 Å². The van der Waals surface area contributed by atoms with Crippen molar-refractivity contribution in [2.24, 2.45) is 0 Å². The van der Waals surface area contributed by atoms with Crippen molar-refractivity contribution in [3.05, 3.63) is 48.0 Å². The Bertz CT molecular complexity index is 692. The fraction of sp³-hybridized carbons (Fsp3) is 0.450. The molecule has 128 valence electrons. The van der Waals surface area contributed by atoms with Gasteiger partial charge in [-0.25, -0.2) is 0 Å². The standard InChI is InChI=1S/C20H27N3O/c1-3-22-10-12-23(13-11-22)15-20(24)21-16(2)18-9-8-17-6-4-5-7-19(17)14-18/h4-9,14,16H,3,10-13,15H2,1-2H3,(H,21,24)/t16-/m1/s1. The Morgan fingerprint density at radius 3 is 2.42 bits per heavy atom. The number of rotatable bonds is 5. The predicted molar refractivity (Wildman–Crippen MR) is 99.1 cm³/mol. The van der Waals surface area contributed by atoms with Gasteiger partial charge in [0.25, 0.3) is 0 Å². The number of fused-ring (bicyclic) bond motifs is 1. The van der Waals surface area contributed by atoms with Gasteiger partial charge in [-0.1, -0.05) is 43.3 Å². The van der Waals surface area contributed by atoms with Crippen molar-refractivity contribution < 1.29 is 4.79 Å². The van der Waals surface area contributed by atoms with Crippen LogP contribution in [0.15, 0.2) is 42.5 Å². The molecule has 0 radical (unpaired) electrons. The molecule has 4 heteroatoms. The van der Waals surface area contributed by atoms with Gasteiger partial charge < -0.3 is 10.2 Å². The Morgan fingerprint density at radius 1 is 1.04 bits per heavy atom. The van der Waals surface area contributed by atoms with Crippen LogP contribution in [0.25, 0.3) is 10.8 Å². The van der Waals surface area contributed by atoms with Crippen LogP contribution in [0, 0.1) is 0 Å². The van der Waals surface area contributed by atoms with E-state index in [1.54, 1.807) is 0 Å². The number of hydrogen-bond acceptors (Lipinski definition) is 3. The van der Waals surface area contributed by atoms with Crippen molar-refractivity contribution >= 4 is 16.7 Å². The van der Waals surface area contributed by atoms with Crippen LogP contribution in [-0.4, -0.2) is 55.0 Å². The monoisotopic (exact) mass is 325 g/mol. The summed E-state index contributed by atoms with van der Waals surface area (Å²) in [5.41, 5.74) is 1.15. The van der Waals surface area contributed by atoms with E-state index < -0.39 is 0 Å². The molecule has 0 spiro atoms. The van der Waals surface area contributed by atoms with Crippen LogP contribution < -0.4 is 5.32 Å². The molecule has 1 heterocycles. The topological polar surface area (TPSA) is 35.6 Å². The largest absolute Gasteiger partial charge is 0.348 e. The summed E-state index contributed by atoms with van der Waals surface area (Å²) in [7, 11) is 0. The van der Waals surface area contributed by atoms with E-state index >= 15 is 0 Å². The number of carbonyl (C=O) groups is 1. The summed E-state index contributed by atoms with van der Waals surface area (Å²) in [5, 5.41) is 5.58. The quantitative estimate of drug-likeness (QED) is 0.918. The molecule has 0 aromatic heterocycles. The van der Waals surface area contributed by atoms with Gasteiger partial charge in [0.05, 0.1) is 12.6 Å². The number of amides is 1. The molecule has 0 bridgehead atoms. The van der Waals surface area contributed by atoms with E-state index in [0.717, 1.165) is 38.3 Å². The third-order valence-electron chi connectivity index (χ3n) is 4.93. The first-order valence-electron chi connectivity index (χ1n) is 8.88. The molecule has 1 atom stereocenters. The van der Waals surface area contributed by atoms with Gasteiger partial charge in [-0.3, -0.25) is 9.69 Å². The first kappa shape index (κ1) is 16.9. The molecule has 4 nitrogen and oxygen atoms in total. The number of nitrogens with zero attached hydrogens (tertiary/aromatic N) is 2. The third-order valence-corrected chi connectivity index (χ3v) is 4.93. The normalized spacial score (nSPS) is 17.8. The molecular weight excluding hydrogens is 298 g/mol. The van der Waals surface area contributed by atoms with E-state index in [1.165, 1.54) is 10.8 Å². The summed E-state index contributed by atoms with van der Waals surface area (Å²) in [5.74, 6) is 0.112. The number of benzene rings is 2. The van der Waals surface area contributed by atoms with Crippen LogP contribution in [0.2, 0.25) is 0 Å². The number of nitrogens with one attached hydrogen (secondary N) is 1. The Balaban J connectivity index is 1.55. The van der Waals surface area contributed by atoms with Crippen molar-refractivity contribution in [2.75, 3.05) is 39.3 Å². The molecule has 0 saturated carbocycles. The molecule has 3 rings (SSSR count). The van der Waals surface area contributed by atoms with Crippen LogP contribution in [0.4, 0.5) is 0 Å². The molecule has 24 heavy (non-hydrogen) atoms. The van der Waals surface area contributed by atoms with Gasteiger partial charge >= 0.3 is 0 Å². The zero-order valence-electron chi connectivity index (χ0n) is 14.7. The van der Waals surface area contributed by atoms with Crippen LogP contribution in [0.3, 0.4) is 0 Å². The zero-order valence-corrected chi connectivity index (χ0v) is 14.7. The summed E-state index contributed by atoms with van der Waals surface area (Å²) in [6.45, 7) is 9.91. The molecule has 1 amide bonds. The molecule has 2 aromatic carbocycles. The van der Waals surface area contributed by atoms with Crippen molar-refractivity contribution in [2.45, 2.75) is 19.9 Å². The predicted octanol–water partition coefficient (Wildman–Crippen LogP) is 2.65. The Hall–Kier alpha value is -1.91. The fourth-order valence-electron chi connectivity index (χ4n) is 3.31. The van der Waals surface area contributed by atoms with Crippen molar-refractivity contribution in [3.63, 3.8) is 0 Å². The van der Waals surface area contributed by atoms with Crippen LogP contribution >= 0.6 is 0 Å². The van der Waals surface area contributed by atoms with Crippen molar-refractivity contribution in [1.29, 1.82) is 0 Å². The van der Waals surface area contributed by atoms with Crippen molar-refractivity contribution in [3.8, 4) is 0 Å². The van der Waals surface area contributed by atoms with Crippen LogP contribution in [0.1, 0.15) is 25.5 Å². The fourth-order valence-corrected chi connectivity index (χ4v) is 3.31. The minimum atomic E-state index is 0.0269. The lowest BCUT2D eigenvalue weighted by Crippen LogP contribution is -2.49. The summed E-state index contributed by atoms with van der Waals surface area (Å²) in [6, 6.07) is 14.7. The zero-order chi connectivity index (χ0) is 16.9. The van der Waals surface area contributed by atoms with E-state index in [1.807, 2.05) is 12.1 Å². The summed E-state index contributed by atoms with van der Waals surface area (Å²) in [6.07, 6.45) is 0. The minimum Gasteiger partial charge on any atom is -0.348 e. The lowest BCUT2D eigenvalue weighted by Gasteiger charge is -2.33. The maximum Gasteiger partial charge on any atom is 0.234 e. The average molecular weight is 325 g/mol. The molecule has 1 aliphatic rings. The highest BCUT2D eigenvalue weighted by atomic mass is 16.2. The van der Waals surface area contributed by atoms with E-state index in [-0.39, 0.29) is 11.9 Å². The summed E-state index contributed by atoms with van der Waals surface area (Å²) in [4.78, 5) is 17.0. The second-order valence-corrected chi connectivity index (χ2v) is 6.61. The molecular formula is C20H27N3O. The molecule has 0 aliphatic carbocycles. The second kappa shape index (κ2) is 7.77. The van der Waals surface area contributed by atoms with Gasteiger partial charge in [0.1, 0.15) is 0 Å². The van der Waals surface area contributed by atoms with E-state index in [0.29, 0.717) is 6.54 Å². The van der Waals surface area contributed by atoms with Gasteiger partial charge in [0.2, 0.25) is 5.91 Å². The summed E-state index contributed by atoms with van der Waals surface area (Å²) >= 11 is 0. The molecule has 1 aliphatic heterocycles.